The molecule has 0 unspecified atom stereocenters. The molecule has 6 nitrogen and oxygen atoms in total. The van der Waals surface area contributed by atoms with Gasteiger partial charge in [0.05, 0.1) is 5.69 Å². The van der Waals surface area contributed by atoms with Crippen LogP contribution in [0.3, 0.4) is 0 Å². The molecule has 1 aliphatic heterocycles. The van der Waals surface area contributed by atoms with Gasteiger partial charge in [0.1, 0.15) is 17.5 Å². The zero-order valence-electron chi connectivity index (χ0n) is 16.3. The van der Waals surface area contributed by atoms with Crippen LogP contribution in [0.25, 0.3) is 0 Å². The quantitative estimate of drug-likeness (QED) is 0.891. The van der Waals surface area contributed by atoms with Gasteiger partial charge >= 0.3 is 6.09 Å². The number of hydrogen-bond acceptors (Lipinski definition) is 4. The number of hydrogen-bond donors (Lipinski definition) is 1. The lowest BCUT2D eigenvalue weighted by Gasteiger charge is -2.23. The number of ether oxygens (including phenoxy) is 1. The third kappa shape index (κ3) is 4.72. The number of nitrogens with one attached hydrogen (secondary N) is 1. The summed E-state index contributed by atoms with van der Waals surface area (Å²) in [6.45, 7) is 7.58. The van der Waals surface area contributed by atoms with E-state index < -0.39 is 23.6 Å². The lowest BCUT2D eigenvalue weighted by atomic mass is 10.1. The smallest absolute Gasteiger partial charge is 0.408 e. The van der Waals surface area contributed by atoms with Gasteiger partial charge in [0, 0.05) is 12.6 Å². The lowest BCUT2D eigenvalue weighted by Crippen LogP contribution is -2.43. The number of benzene rings is 1. The summed E-state index contributed by atoms with van der Waals surface area (Å²) in [6, 6.07) is 4.27. The van der Waals surface area contributed by atoms with Gasteiger partial charge in [-0.15, -0.1) is 0 Å². The largest absolute Gasteiger partial charge is 0.444 e. The molecule has 2 rings (SSSR count). The van der Waals surface area contributed by atoms with E-state index in [2.05, 4.69) is 5.32 Å². The molecule has 1 saturated heterocycles. The van der Waals surface area contributed by atoms with Gasteiger partial charge in [-0.05, 0) is 65.9 Å². The van der Waals surface area contributed by atoms with Gasteiger partial charge < -0.3 is 19.9 Å². The summed E-state index contributed by atoms with van der Waals surface area (Å²) in [5.41, 5.74) is 0.431. The zero-order chi connectivity index (χ0) is 19.6. The van der Waals surface area contributed by atoms with Crippen LogP contribution in [0.2, 0.25) is 0 Å². The fraction of sp³-hybridized carbons (Fsp3) is 0.579. The number of amides is 2. The van der Waals surface area contributed by atoms with Gasteiger partial charge in [-0.3, -0.25) is 4.79 Å². The minimum absolute atomic E-state index is 0.0643. The highest BCUT2D eigenvalue weighted by molar-refractivity contribution is 6.01. The molecule has 1 aromatic carbocycles. The predicted octanol–water partition coefficient (Wildman–Crippen LogP) is 3.08. The molecular weight excluding hydrogens is 337 g/mol. The Hall–Kier alpha value is -2.15. The summed E-state index contributed by atoms with van der Waals surface area (Å²) in [6.07, 6.45) is -0.235. The second-order valence-corrected chi connectivity index (χ2v) is 7.83. The second kappa shape index (κ2) is 7.61. The van der Waals surface area contributed by atoms with Crippen LogP contribution in [0.15, 0.2) is 18.2 Å². The first-order valence-corrected chi connectivity index (χ1v) is 8.76. The van der Waals surface area contributed by atoms with E-state index in [0.29, 0.717) is 13.0 Å². The average Bonchev–Trinajstić information content (AvgIpc) is 2.85. The average molecular weight is 365 g/mol. The molecule has 7 heteroatoms. The van der Waals surface area contributed by atoms with E-state index in [-0.39, 0.29) is 17.6 Å². The Labute approximate surface area is 154 Å². The molecule has 0 radical (unpaired) electrons. The van der Waals surface area contributed by atoms with Gasteiger partial charge in [-0.25, -0.2) is 9.18 Å². The van der Waals surface area contributed by atoms with Gasteiger partial charge in [-0.1, -0.05) is 6.07 Å². The normalized spacial score (nSPS) is 19.0. The van der Waals surface area contributed by atoms with E-state index in [9.17, 15) is 14.0 Å². The monoisotopic (exact) mass is 365 g/mol. The van der Waals surface area contributed by atoms with Crippen molar-refractivity contribution in [2.75, 3.05) is 25.5 Å². The maximum Gasteiger partial charge on any atom is 0.408 e. The molecule has 1 aliphatic rings. The van der Waals surface area contributed by atoms with Crippen molar-refractivity contribution >= 4 is 17.7 Å². The SMILES string of the molecule is C[C@@H](c1ccc(N2CC[C@H](NC(=O)OC(C)(C)C)C2=O)c(F)c1)N(C)C. The number of halogens is 1. The molecule has 0 spiro atoms. The van der Waals surface area contributed by atoms with Crippen LogP contribution in [-0.4, -0.2) is 49.2 Å². The highest BCUT2D eigenvalue weighted by atomic mass is 19.1. The number of nitrogens with zero attached hydrogens (tertiary/aromatic N) is 2. The molecule has 1 N–H and O–H groups in total. The standard InChI is InChI=1S/C19H28FN3O3/c1-12(22(5)6)13-7-8-16(14(20)11-13)23-10-9-15(17(23)24)21-18(25)26-19(2,3)4/h7-8,11-12,15H,9-10H2,1-6H3,(H,21,25)/t12-,15-/m0/s1. The fourth-order valence-corrected chi connectivity index (χ4v) is 2.80. The number of carbonyl (C=O) groups is 2. The first-order valence-electron chi connectivity index (χ1n) is 8.76. The zero-order valence-corrected chi connectivity index (χ0v) is 16.3. The molecule has 0 saturated carbocycles. The van der Waals surface area contributed by atoms with Crippen molar-refractivity contribution < 1.29 is 18.7 Å². The maximum atomic E-state index is 14.6. The van der Waals surface area contributed by atoms with Gasteiger partial charge in [0.15, 0.2) is 0 Å². The molecular formula is C19H28FN3O3. The van der Waals surface area contributed by atoms with Crippen LogP contribution in [0.5, 0.6) is 0 Å². The van der Waals surface area contributed by atoms with E-state index in [4.69, 9.17) is 4.74 Å². The first-order chi connectivity index (χ1) is 12.0. The molecule has 26 heavy (non-hydrogen) atoms. The molecule has 2 atom stereocenters. The molecule has 0 bridgehead atoms. The summed E-state index contributed by atoms with van der Waals surface area (Å²) in [5.74, 6) is -0.773. The van der Waals surface area contributed by atoms with Crippen molar-refractivity contribution in [2.24, 2.45) is 0 Å². The number of anilines is 1. The van der Waals surface area contributed by atoms with E-state index in [1.54, 1.807) is 26.8 Å². The summed E-state index contributed by atoms with van der Waals surface area (Å²) in [7, 11) is 3.85. The van der Waals surface area contributed by atoms with E-state index in [1.807, 2.05) is 32.0 Å². The van der Waals surface area contributed by atoms with E-state index in [1.165, 1.54) is 11.0 Å². The molecule has 0 aromatic heterocycles. The van der Waals surface area contributed by atoms with Crippen molar-refractivity contribution in [1.29, 1.82) is 0 Å². The summed E-state index contributed by atoms with van der Waals surface area (Å²) in [5, 5.41) is 2.57. The van der Waals surface area contributed by atoms with Crippen LogP contribution < -0.4 is 10.2 Å². The first kappa shape index (κ1) is 20.2. The van der Waals surface area contributed by atoms with Crippen LogP contribution in [0.1, 0.15) is 45.7 Å². The summed E-state index contributed by atoms with van der Waals surface area (Å²) >= 11 is 0. The van der Waals surface area contributed by atoms with Crippen LogP contribution in [0, 0.1) is 5.82 Å². The summed E-state index contributed by atoms with van der Waals surface area (Å²) in [4.78, 5) is 27.8. The predicted molar refractivity (Wildman–Crippen MR) is 98.6 cm³/mol. The van der Waals surface area contributed by atoms with Gasteiger partial charge in [-0.2, -0.15) is 0 Å². The Morgan fingerprint density at radius 1 is 1.38 bits per heavy atom. The maximum absolute atomic E-state index is 14.6. The van der Waals surface area contributed by atoms with Crippen molar-refractivity contribution in [1.82, 2.24) is 10.2 Å². The highest BCUT2D eigenvalue weighted by Gasteiger charge is 2.35. The van der Waals surface area contributed by atoms with Crippen molar-refractivity contribution in [3.8, 4) is 0 Å². The molecule has 0 aliphatic carbocycles. The second-order valence-electron chi connectivity index (χ2n) is 7.83. The third-order valence-corrected chi connectivity index (χ3v) is 4.42. The van der Waals surface area contributed by atoms with Crippen LogP contribution >= 0.6 is 0 Å². The van der Waals surface area contributed by atoms with Crippen molar-refractivity contribution in [3.05, 3.63) is 29.6 Å². The number of alkyl carbamates (subject to hydrolysis) is 1. The minimum Gasteiger partial charge on any atom is -0.444 e. The molecule has 1 heterocycles. The molecule has 1 fully saturated rings. The molecule has 1 aromatic rings. The Morgan fingerprint density at radius 2 is 2.04 bits per heavy atom. The topological polar surface area (TPSA) is 61.9 Å². The van der Waals surface area contributed by atoms with Crippen LogP contribution in [-0.2, 0) is 9.53 Å². The molecule has 144 valence electrons. The Kier molecular flexibility index (Phi) is 5.91. The van der Waals surface area contributed by atoms with Gasteiger partial charge in [0.25, 0.3) is 0 Å². The van der Waals surface area contributed by atoms with E-state index >= 15 is 0 Å². The third-order valence-electron chi connectivity index (χ3n) is 4.42. The highest BCUT2D eigenvalue weighted by Crippen LogP contribution is 2.28. The molecule has 2 amide bonds. The Bertz CT molecular complexity index is 685. The van der Waals surface area contributed by atoms with Crippen molar-refractivity contribution in [2.45, 2.75) is 51.8 Å². The lowest BCUT2D eigenvalue weighted by molar-refractivity contribution is -0.118. The number of carbonyl (C=O) groups excluding carboxylic acids is 2. The minimum atomic E-state index is -0.704. The van der Waals surface area contributed by atoms with Crippen molar-refractivity contribution in [3.63, 3.8) is 0 Å². The Balaban J connectivity index is 2.09. The summed E-state index contributed by atoms with van der Waals surface area (Å²) < 4.78 is 19.8. The van der Waals surface area contributed by atoms with Crippen LogP contribution in [0.4, 0.5) is 14.9 Å². The Morgan fingerprint density at radius 3 is 2.58 bits per heavy atom. The number of rotatable bonds is 4. The fourth-order valence-electron chi connectivity index (χ4n) is 2.80. The van der Waals surface area contributed by atoms with E-state index in [0.717, 1.165) is 5.56 Å². The van der Waals surface area contributed by atoms with Gasteiger partial charge in [0.2, 0.25) is 5.91 Å².